The third-order valence-electron chi connectivity index (χ3n) is 3.70. The highest BCUT2D eigenvalue weighted by Crippen LogP contribution is 2.30. The molecule has 1 N–H and O–H groups in total. The van der Waals surface area contributed by atoms with Crippen LogP contribution in [0, 0.1) is 0 Å². The lowest BCUT2D eigenvalue weighted by atomic mass is 10.2. The Morgan fingerprint density at radius 2 is 1.85 bits per heavy atom. The second-order valence-electron chi connectivity index (χ2n) is 5.26. The lowest BCUT2D eigenvalue weighted by Crippen LogP contribution is -2.18. The fraction of sp³-hybridized carbons (Fsp3) is 0.118. The molecule has 138 valence electrons. The lowest BCUT2D eigenvalue weighted by molar-refractivity contribution is 0.588. The molecule has 1 aromatic heterocycles. The monoisotopic (exact) mass is 473 g/mol. The van der Waals surface area contributed by atoms with Gasteiger partial charge in [0.1, 0.15) is 0 Å². The number of aromatic nitrogens is 1. The lowest BCUT2D eigenvalue weighted by Gasteiger charge is -2.09. The number of hydrogen-bond acceptors (Lipinski definition) is 4. The minimum Gasteiger partial charge on any atom is -0.319 e. The van der Waals surface area contributed by atoms with E-state index in [-0.39, 0.29) is 21.9 Å². The first-order chi connectivity index (χ1) is 11.9. The summed E-state index contributed by atoms with van der Waals surface area (Å²) >= 11 is 7.78. The van der Waals surface area contributed by atoms with Gasteiger partial charge < -0.3 is 4.57 Å². The van der Waals surface area contributed by atoms with Crippen LogP contribution in [0.1, 0.15) is 0 Å². The summed E-state index contributed by atoms with van der Waals surface area (Å²) in [5.74, 6) is 0. The summed E-state index contributed by atoms with van der Waals surface area (Å²) in [6, 6.07) is 14.3. The van der Waals surface area contributed by atoms with Gasteiger partial charge in [0.2, 0.25) is 10.0 Å². The van der Waals surface area contributed by atoms with Gasteiger partial charge in [-0.3, -0.25) is 0 Å². The van der Waals surface area contributed by atoms with Crippen molar-refractivity contribution in [3.8, 4) is 11.3 Å². The number of thiazole rings is 1. The fourth-order valence-corrected chi connectivity index (χ4v) is 4.20. The summed E-state index contributed by atoms with van der Waals surface area (Å²) in [5.41, 5.74) is 2.30. The van der Waals surface area contributed by atoms with Gasteiger partial charge in [0.15, 0.2) is 4.80 Å². The molecule has 0 amide bonds. The average Bonchev–Trinajstić information content (AvgIpc) is 2.97. The van der Waals surface area contributed by atoms with Crippen molar-refractivity contribution in [1.82, 2.24) is 9.29 Å². The van der Waals surface area contributed by atoms with Crippen molar-refractivity contribution in [1.29, 1.82) is 0 Å². The maximum Gasteiger partial charge on any atom is 0.240 e. The maximum absolute atomic E-state index is 12.1. The molecule has 0 saturated carbocycles. The summed E-state index contributed by atoms with van der Waals surface area (Å²) in [4.78, 5) is 5.57. The molecule has 0 aliphatic rings. The molecule has 9 heteroatoms. The summed E-state index contributed by atoms with van der Waals surface area (Å²) in [7, 11) is -0.280. The van der Waals surface area contributed by atoms with Gasteiger partial charge in [-0.15, -0.1) is 28.3 Å². The number of benzene rings is 2. The number of para-hydroxylation sites is 1. The van der Waals surface area contributed by atoms with Crippen LogP contribution >= 0.6 is 39.9 Å². The third kappa shape index (κ3) is 4.27. The Labute approximate surface area is 171 Å². The first-order valence-electron chi connectivity index (χ1n) is 7.40. The Hall–Kier alpha value is -1.45. The number of hydrogen-bond donors (Lipinski definition) is 1. The number of nitrogens with zero attached hydrogens (tertiary/aromatic N) is 2. The van der Waals surface area contributed by atoms with Crippen LogP contribution in [-0.4, -0.2) is 20.0 Å². The van der Waals surface area contributed by atoms with E-state index in [0.29, 0.717) is 10.6 Å². The molecule has 0 aliphatic carbocycles. The molecule has 0 spiro atoms. The Balaban J connectivity index is 0.00000243. The second kappa shape index (κ2) is 8.49. The van der Waals surface area contributed by atoms with Crippen LogP contribution in [0.15, 0.2) is 63.8 Å². The summed E-state index contributed by atoms with van der Waals surface area (Å²) in [5, 5.41) is 2.40. The van der Waals surface area contributed by atoms with E-state index in [1.807, 2.05) is 47.3 Å². The normalized spacial score (nSPS) is 12.0. The maximum atomic E-state index is 12.1. The highest BCUT2D eigenvalue weighted by Gasteiger charge is 2.16. The van der Waals surface area contributed by atoms with Gasteiger partial charge in [0.05, 0.1) is 16.3 Å². The van der Waals surface area contributed by atoms with Crippen LogP contribution in [0.25, 0.3) is 11.3 Å². The van der Waals surface area contributed by atoms with Crippen LogP contribution < -0.4 is 9.52 Å². The van der Waals surface area contributed by atoms with Crippen LogP contribution in [-0.2, 0) is 17.1 Å². The van der Waals surface area contributed by atoms with E-state index in [4.69, 9.17) is 11.6 Å². The van der Waals surface area contributed by atoms with Crippen LogP contribution in [0.2, 0.25) is 5.02 Å². The zero-order valence-corrected chi connectivity index (χ0v) is 18.1. The summed E-state index contributed by atoms with van der Waals surface area (Å²) < 4.78 is 28.3. The van der Waals surface area contributed by atoms with Gasteiger partial charge in [-0.2, -0.15) is 0 Å². The summed E-state index contributed by atoms with van der Waals surface area (Å²) in [6.45, 7) is 0. The molecule has 0 radical (unpaired) electrons. The first-order valence-corrected chi connectivity index (χ1v) is 10.1. The first kappa shape index (κ1) is 20.9. The van der Waals surface area contributed by atoms with E-state index < -0.39 is 10.0 Å². The van der Waals surface area contributed by atoms with Gasteiger partial charge in [-0.25, -0.2) is 18.1 Å². The molecule has 5 nitrogen and oxygen atoms in total. The van der Waals surface area contributed by atoms with E-state index in [9.17, 15) is 8.42 Å². The molecule has 2 aromatic carbocycles. The van der Waals surface area contributed by atoms with Crippen molar-refractivity contribution in [2.75, 3.05) is 7.05 Å². The van der Waals surface area contributed by atoms with Crippen molar-refractivity contribution in [2.45, 2.75) is 4.90 Å². The number of sulfonamides is 1. The molecule has 3 rings (SSSR count). The second-order valence-corrected chi connectivity index (χ2v) is 8.39. The van der Waals surface area contributed by atoms with Gasteiger partial charge in [-0.05, 0) is 37.4 Å². The largest absolute Gasteiger partial charge is 0.319 e. The van der Waals surface area contributed by atoms with Crippen LogP contribution in [0.3, 0.4) is 0 Å². The average molecular weight is 475 g/mol. The smallest absolute Gasteiger partial charge is 0.240 e. The van der Waals surface area contributed by atoms with E-state index >= 15 is 0 Å². The molecule has 3 aromatic rings. The standard InChI is InChI=1S/C17H16ClN3O2S2.BrH/c1-19-25(22,23)13-8-9-15(18)14(10-13)16-11-24-17(21(16)2)20-12-6-4-3-5-7-12;/h3-11,19H,1-2H3;1H/b20-17+;. The van der Waals surface area contributed by atoms with Crippen molar-refractivity contribution in [3.05, 3.63) is 63.7 Å². The van der Waals surface area contributed by atoms with Crippen LogP contribution in [0.5, 0.6) is 0 Å². The quantitative estimate of drug-likeness (QED) is 0.618. The van der Waals surface area contributed by atoms with E-state index in [2.05, 4.69) is 9.71 Å². The molecular formula is C17H17BrClN3O2S2. The Kier molecular flexibility index (Phi) is 6.81. The molecule has 0 saturated heterocycles. The number of nitrogens with one attached hydrogen (secondary N) is 1. The van der Waals surface area contributed by atoms with Gasteiger partial charge >= 0.3 is 0 Å². The minimum atomic E-state index is -3.54. The fourth-order valence-electron chi connectivity index (χ4n) is 2.31. The van der Waals surface area contributed by atoms with Crippen molar-refractivity contribution in [2.24, 2.45) is 12.0 Å². The minimum absolute atomic E-state index is 0. The van der Waals surface area contributed by atoms with E-state index in [1.165, 1.54) is 24.5 Å². The van der Waals surface area contributed by atoms with Crippen molar-refractivity contribution >= 4 is 55.6 Å². The molecule has 0 bridgehead atoms. The summed E-state index contributed by atoms with van der Waals surface area (Å²) in [6.07, 6.45) is 0. The molecule has 0 atom stereocenters. The van der Waals surface area contributed by atoms with Crippen molar-refractivity contribution in [3.63, 3.8) is 0 Å². The molecule has 26 heavy (non-hydrogen) atoms. The molecular weight excluding hydrogens is 458 g/mol. The molecule has 0 aliphatic heterocycles. The van der Waals surface area contributed by atoms with Crippen molar-refractivity contribution < 1.29 is 8.42 Å². The molecule has 1 heterocycles. The van der Waals surface area contributed by atoms with Gasteiger partial charge in [0.25, 0.3) is 0 Å². The Bertz CT molecular complexity index is 1080. The predicted octanol–water partition coefficient (Wildman–Crippen LogP) is 4.13. The zero-order chi connectivity index (χ0) is 18.0. The van der Waals surface area contributed by atoms with E-state index in [0.717, 1.165) is 16.2 Å². The molecule has 0 fully saturated rings. The van der Waals surface area contributed by atoms with Gasteiger partial charge in [-0.1, -0.05) is 29.8 Å². The number of halogens is 2. The van der Waals surface area contributed by atoms with Crippen LogP contribution in [0.4, 0.5) is 5.69 Å². The third-order valence-corrected chi connectivity index (χ3v) is 6.36. The Morgan fingerprint density at radius 1 is 1.15 bits per heavy atom. The highest BCUT2D eigenvalue weighted by molar-refractivity contribution is 8.93. The molecule has 0 unspecified atom stereocenters. The topological polar surface area (TPSA) is 63.5 Å². The highest BCUT2D eigenvalue weighted by atomic mass is 79.9. The zero-order valence-electron chi connectivity index (χ0n) is 14.0. The predicted molar refractivity (Wildman–Crippen MR) is 112 cm³/mol. The van der Waals surface area contributed by atoms with E-state index in [1.54, 1.807) is 12.1 Å². The Morgan fingerprint density at radius 3 is 2.50 bits per heavy atom. The SMILES string of the molecule is Br.CNS(=O)(=O)c1ccc(Cl)c(-c2cs/c(=N/c3ccccc3)n2C)c1. The van der Waals surface area contributed by atoms with Gasteiger partial charge in [0, 0.05) is 23.0 Å². The number of rotatable bonds is 4.